The molecule has 0 aliphatic carbocycles. The number of nitrogens with zero attached hydrogens (tertiary/aromatic N) is 1. The van der Waals surface area contributed by atoms with Crippen molar-refractivity contribution in [2.75, 3.05) is 6.54 Å². The van der Waals surface area contributed by atoms with Crippen LogP contribution in [0.5, 0.6) is 0 Å². The Morgan fingerprint density at radius 1 is 1.25 bits per heavy atom. The molecule has 1 amide bonds. The molecule has 20 heavy (non-hydrogen) atoms. The molecule has 1 rings (SSSR count). The summed E-state index contributed by atoms with van der Waals surface area (Å²) in [6, 6.07) is 7.99. The Morgan fingerprint density at radius 2 is 1.90 bits per heavy atom. The van der Waals surface area contributed by atoms with Gasteiger partial charge in [0.05, 0.1) is 0 Å². The summed E-state index contributed by atoms with van der Waals surface area (Å²) in [5, 5.41) is 8.74. The van der Waals surface area contributed by atoms with Gasteiger partial charge in [0, 0.05) is 25.9 Å². The van der Waals surface area contributed by atoms with Crippen LogP contribution >= 0.6 is 0 Å². The van der Waals surface area contributed by atoms with E-state index in [-0.39, 0.29) is 24.7 Å². The van der Waals surface area contributed by atoms with Gasteiger partial charge >= 0.3 is 5.97 Å². The zero-order valence-corrected chi connectivity index (χ0v) is 12.4. The monoisotopic (exact) mass is 277 g/mol. The van der Waals surface area contributed by atoms with Gasteiger partial charge in [0.2, 0.25) is 5.91 Å². The van der Waals surface area contributed by atoms with E-state index in [0.29, 0.717) is 13.1 Å². The molecular weight excluding hydrogens is 254 g/mol. The van der Waals surface area contributed by atoms with E-state index < -0.39 is 5.97 Å². The van der Waals surface area contributed by atoms with Crippen molar-refractivity contribution in [3.63, 3.8) is 0 Å². The average Bonchev–Trinajstić information content (AvgIpc) is 2.36. The maximum Gasteiger partial charge on any atom is 0.303 e. The number of benzene rings is 1. The lowest BCUT2D eigenvalue weighted by Gasteiger charge is -2.23. The third-order valence-corrected chi connectivity index (χ3v) is 3.40. The van der Waals surface area contributed by atoms with Crippen LogP contribution in [0.1, 0.15) is 37.8 Å². The first-order valence-corrected chi connectivity index (χ1v) is 6.98. The van der Waals surface area contributed by atoms with Crippen LogP contribution in [0.25, 0.3) is 0 Å². The molecule has 0 fully saturated rings. The van der Waals surface area contributed by atoms with Crippen molar-refractivity contribution in [3.05, 3.63) is 35.4 Å². The highest BCUT2D eigenvalue weighted by atomic mass is 16.4. The zero-order chi connectivity index (χ0) is 15.1. The lowest BCUT2D eigenvalue weighted by atomic mass is 10.0. The summed E-state index contributed by atoms with van der Waals surface area (Å²) in [6.07, 6.45) is 0.319. The van der Waals surface area contributed by atoms with Gasteiger partial charge in [0.25, 0.3) is 0 Å². The lowest BCUT2D eigenvalue weighted by molar-refractivity contribution is -0.138. The molecule has 0 spiro atoms. The highest BCUT2D eigenvalue weighted by Gasteiger charge is 2.18. The average molecular weight is 277 g/mol. The molecule has 4 heteroatoms. The van der Waals surface area contributed by atoms with Gasteiger partial charge in [-0.05, 0) is 30.9 Å². The van der Waals surface area contributed by atoms with Crippen LogP contribution in [-0.2, 0) is 16.1 Å². The van der Waals surface area contributed by atoms with Crippen molar-refractivity contribution in [1.82, 2.24) is 4.90 Å². The first-order chi connectivity index (χ1) is 9.43. The SMILES string of the molecule is CCN(Cc1ccccc1C)C(=O)CC(C)CC(=O)O. The van der Waals surface area contributed by atoms with Crippen molar-refractivity contribution in [2.24, 2.45) is 5.92 Å². The molecule has 0 saturated carbocycles. The van der Waals surface area contributed by atoms with Crippen LogP contribution in [0.15, 0.2) is 24.3 Å². The summed E-state index contributed by atoms with van der Waals surface area (Å²) < 4.78 is 0. The Morgan fingerprint density at radius 3 is 2.45 bits per heavy atom. The van der Waals surface area contributed by atoms with Gasteiger partial charge in [-0.1, -0.05) is 31.2 Å². The molecular formula is C16H23NO3. The quantitative estimate of drug-likeness (QED) is 0.833. The smallest absolute Gasteiger partial charge is 0.303 e. The summed E-state index contributed by atoms with van der Waals surface area (Å²) in [5.74, 6) is -0.970. The van der Waals surface area contributed by atoms with E-state index >= 15 is 0 Å². The number of hydrogen-bond acceptors (Lipinski definition) is 2. The number of carboxylic acids is 1. The van der Waals surface area contributed by atoms with E-state index in [0.717, 1.165) is 11.1 Å². The van der Waals surface area contributed by atoms with Crippen LogP contribution in [-0.4, -0.2) is 28.4 Å². The van der Waals surface area contributed by atoms with Crippen molar-refractivity contribution in [3.8, 4) is 0 Å². The van der Waals surface area contributed by atoms with E-state index in [2.05, 4.69) is 0 Å². The van der Waals surface area contributed by atoms with Gasteiger partial charge in [0.1, 0.15) is 0 Å². The third kappa shape index (κ3) is 5.03. The second kappa shape index (κ2) is 7.68. The molecule has 0 heterocycles. The number of aliphatic carboxylic acids is 1. The molecule has 1 N–H and O–H groups in total. The standard InChI is InChI=1S/C16H23NO3/c1-4-17(11-14-8-6-5-7-13(14)3)15(18)9-12(2)10-16(19)20/h5-8,12H,4,9-11H2,1-3H3,(H,19,20). The molecule has 0 aromatic heterocycles. The van der Waals surface area contributed by atoms with E-state index in [1.807, 2.05) is 38.1 Å². The number of amides is 1. The molecule has 0 radical (unpaired) electrons. The van der Waals surface area contributed by atoms with E-state index in [1.165, 1.54) is 0 Å². The first-order valence-electron chi connectivity index (χ1n) is 6.98. The highest BCUT2D eigenvalue weighted by molar-refractivity contribution is 5.77. The maximum absolute atomic E-state index is 12.2. The predicted octanol–water partition coefficient (Wildman–Crippen LogP) is 2.84. The largest absolute Gasteiger partial charge is 0.481 e. The van der Waals surface area contributed by atoms with E-state index in [1.54, 1.807) is 11.8 Å². The minimum absolute atomic E-state index is 0.0181. The normalized spacial score (nSPS) is 11.9. The Kier molecular flexibility index (Phi) is 6.22. The van der Waals surface area contributed by atoms with Crippen molar-refractivity contribution < 1.29 is 14.7 Å². The number of carbonyl (C=O) groups is 2. The highest BCUT2D eigenvalue weighted by Crippen LogP contribution is 2.14. The summed E-state index contributed by atoms with van der Waals surface area (Å²) in [6.45, 7) is 6.99. The second-order valence-electron chi connectivity index (χ2n) is 5.24. The third-order valence-electron chi connectivity index (χ3n) is 3.40. The topological polar surface area (TPSA) is 57.6 Å². The molecule has 0 bridgehead atoms. The van der Waals surface area contributed by atoms with Gasteiger partial charge in [-0.15, -0.1) is 0 Å². The molecule has 0 saturated heterocycles. The molecule has 1 aromatic carbocycles. The molecule has 0 aliphatic rings. The van der Waals surface area contributed by atoms with E-state index in [9.17, 15) is 9.59 Å². The summed E-state index contributed by atoms with van der Waals surface area (Å²) >= 11 is 0. The van der Waals surface area contributed by atoms with Crippen LogP contribution in [0, 0.1) is 12.8 Å². The van der Waals surface area contributed by atoms with Crippen LogP contribution < -0.4 is 0 Å². The minimum Gasteiger partial charge on any atom is -0.481 e. The molecule has 1 unspecified atom stereocenters. The fourth-order valence-corrected chi connectivity index (χ4v) is 2.17. The molecule has 4 nitrogen and oxygen atoms in total. The fraction of sp³-hybridized carbons (Fsp3) is 0.500. The van der Waals surface area contributed by atoms with Gasteiger partial charge < -0.3 is 10.0 Å². The number of rotatable bonds is 7. The Balaban J connectivity index is 2.64. The number of hydrogen-bond donors (Lipinski definition) is 1. The van der Waals surface area contributed by atoms with Crippen LogP contribution in [0.3, 0.4) is 0 Å². The Hall–Kier alpha value is -1.84. The fourth-order valence-electron chi connectivity index (χ4n) is 2.17. The van der Waals surface area contributed by atoms with Gasteiger partial charge in [-0.25, -0.2) is 0 Å². The second-order valence-corrected chi connectivity index (χ2v) is 5.24. The van der Waals surface area contributed by atoms with Crippen LogP contribution in [0.4, 0.5) is 0 Å². The van der Waals surface area contributed by atoms with E-state index in [4.69, 9.17) is 5.11 Å². The molecule has 1 aromatic rings. The minimum atomic E-state index is -0.854. The summed E-state index contributed by atoms with van der Waals surface area (Å²) in [5.41, 5.74) is 2.30. The first kappa shape index (κ1) is 16.2. The Bertz CT molecular complexity index is 471. The molecule has 0 aliphatic heterocycles. The van der Waals surface area contributed by atoms with Crippen molar-refractivity contribution in [1.29, 1.82) is 0 Å². The van der Waals surface area contributed by atoms with Crippen molar-refractivity contribution >= 4 is 11.9 Å². The number of carbonyl (C=O) groups excluding carboxylic acids is 1. The lowest BCUT2D eigenvalue weighted by Crippen LogP contribution is -2.31. The number of aryl methyl sites for hydroxylation is 1. The van der Waals surface area contributed by atoms with Crippen LogP contribution in [0.2, 0.25) is 0 Å². The van der Waals surface area contributed by atoms with Crippen molar-refractivity contribution in [2.45, 2.75) is 40.2 Å². The zero-order valence-electron chi connectivity index (χ0n) is 12.4. The molecule has 110 valence electrons. The summed E-state index contributed by atoms with van der Waals surface area (Å²) in [4.78, 5) is 24.6. The van der Waals surface area contributed by atoms with Gasteiger partial charge in [-0.2, -0.15) is 0 Å². The molecule has 1 atom stereocenters. The number of carboxylic acid groups (broad SMARTS) is 1. The predicted molar refractivity (Wildman–Crippen MR) is 78.3 cm³/mol. The maximum atomic E-state index is 12.2. The van der Waals surface area contributed by atoms with Gasteiger partial charge in [-0.3, -0.25) is 9.59 Å². The summed E-state index contributed by atoms with van der Waals surface area (Å²) in [7, 11) is 0. The Labute approximate surface area is 120 Å². The van der Waals surface area contributed by atoms with Gasteiger partial charge in [0.15, 0.2) is 0 Å².